The standard InChI is InChI=1S/C13H17NO/c1-4-12-6-5-7-13(9-12)14-10(2)8-11(3)15/h5-9,14H,4H2,1-3H3/b10-8+. The topological polar surface area (TPSA) is 29.1 Å². The molecule has 0 aliphatic carbocycles. The molecule has 0 radical (unpaired) electrons. The molecule has 0 heterocycles. The second-order valence-electron chi connectivity index (χ2n) is 3.62. The van der Waals surface area contributed by atoms with Crippen molar-refractivity contribution in [2.24, 2.45) is 0 Å². The quantitative estimate of drug-likeness (QED) is 0.761. The highest BCUT2D eigenvalue weighted by molar-refractivity contribution is 5.88. The van der Waals surface area contributed by atoms with Crippen molar-refractivity contribution < 1.29 is 4.79 Å². The molecule has 2 heteroatoms. The molecule has 1 aromatic rings. The summed E-state index contributed by atoms with van der Waals surface area (Å²) in [5, 5.41) is 3.19. The molecule has 0 atom stereocenters. The van der Waals surface area contributed by atoms with E-state index in [1.165, 1.54) is 5.56 Å². The Morgan fingerprint density at radius 1 is 1.40 bits per heavy atom. The lowest BCUT2D eigenvalue weighted by Crippen LogP contribution is -1.98. The van der Waals surface area contributed by atoms with Crippen molar-refractivity contribution in [2.75, 3.05) is 5.32 Å². The van der Waals surface area contributed by atoms with Crippen molar-refractivity contribution in [3.05, 3.63) is 41.6 Å². The third kappa shape index (κ3) is 3.98. The summed E-state index contributed by atoms with van der Waals surface area (Å²) in [6.45, 7) is 5.56. The van der Waals surface area contributed by atoms with Crippen LogP contribution in [0.1, 0.15) is 26.3 Å². The van der Waals surface area contributed by atoms with E-state index in [0.29, 0.717) is 0 Å². The molecule has 0 spiro atoms. The third-order valence-electron chi connectivity index (χ3n) is 2.10. The maximum Gasteiger partial charge on any atom is 0.154 e. The maximum atomic E-state index is 10.9. The molecular formula is C13H17NO. The van der Waals surface area contributed by atoms with E-state index in [1.807, 2.05) is 19.1 Å². The van der Waals surface area contributed by atoms with Crippen LogP contribution in [0.4, 0.5) is 5.69 Å². The zero-order valence-electron chi connectivity index (χ0n) is 9.50. The first-order chi connectivity index (χ1) is 7.11. The molecular weight excluding hydrogens is 186 g/mol. The highest BCUT2D eigenvalue weighted by atomic mass is 16.1. The van der Waals surface area contributed by atoms with E-state index in [0.717, 1.165) is 17.8 Å². The van der Waals surface area contributed by atoms with Gasteiger partial charge in [0.15, 0.2) is 5.78 Å². The van der Waals surface area contributed by atoms with Gasteiger partial charge in [0.05, 0.1) is 0 Å². The van der Waals surface area contributed by atoms with E-state index in [1.54, 1.807) is 13.0 Å². The Morgan fingerprint density at radius 2 is 2.13 bits per heavy atom. The number of allylic oxidation sites excluding steroid dienone is 2. The normalized spacial score (nSPS) is 11.3. The number of aryl methyl sites for hydroxylation is 1. The van der Waals surface area contributed by atoms with Crippen LogP contribution in [0.2, 0.25) is 0 Å². The van der Waals surface area contributed by atoms with Crippen LogP contribution in [0.5, 0.6) is 0 Å². The SMILES string of the molecule is CCc1cccc(N/C(C)=C/C(C)=O)c1. The molecule has 0 aliphatic rings. The molecule has 0 unspecified atom stereocenters. The second kappa shape index (κ2) is 5.35. The number of carbonyl (C=O) groups is 1. The van der Waals surface area contributed by atoms with Gasteiger partial charge in [-0.15, -0.1) is 0 Å². The maximum absolute atomic E-state index is 10.9. The summed E-state index contributed by atoms with van der Waals surface area (Å²) in [5.74, 6) is 0.0617. The van der Waals surface area contributed by atoms with Crippen molar-refractivity contribution in [3.63, 3.8) is 0 Å². The van der Waals surface area contributed by atoms with Crippen LogP contribution < -0.4 is 5.32 Å². The molecule has 80 valence electrons. The summed E-state index contributed by atoms with van der Waals surface area (Å²) in [7, 11) is 0. The van der Waals surface area contributed by atoms with E-state index >= 15 is 0 Å². The Labute approximate surface area is 91.0 Å². The number of rotatable bonds is 4. The number of benzene rings is 1. The Morgan fingerprint density at radius 3 is 2.73 bits per heavy atom. The molecule has 0 fully saturated rings. The molecule has 15 heavy (non-hydrogen) atoms. The van der Waals surface area contributed by atoms with Crippen LogP contribution in [0.25, 0.3) is 0 Å². The molecule has 2 nitrogen and oxygen atoms in total. The van der Waals surface area contributed by atoms with E-state index < -0.39 is 0 Å². The lowest BCUT2D eigenvalue weighted by atomic mass is 10.1. The number of hydrogen-bond acceptors (Lipinski definition) is 2. The van der Waals surface area contributed by atoms with Gasteiger partial charge in [-0.25, -0.2) is 0 Å². The molecule has 0 amide bonds. The Hall–Kier alpha value is -1.57. The number of anilines is 1. The smallest absolute Gasteiger partial charge is 0.154 e. The fourth-order valence-electron chi connectivity index (χ4n) is 1.44. The van der Waals surface area contributed by atoms with Crippen molar-refractivity contribution >= 4 is 11.5 Å². The molecule has 0 bridgehead atoms. The fourth-order valence-corrected chi connectivity index (χ4v) is 1.44. The van der Waals surface area contributed by atoms with Gasteiger partial charge >= 0.3 is 0 Å². The Kier molecular flexibility index (Phi) is 4.10. The Bertz CT molecular complexity index is 380. The first-order valence-corrected chi connectivity index (χ1v) is 5.16. The first-order valence-electron chi connectivity index (χ1n) is 5.16. The third-order valence-corrected chi connectivity index (χ3v) is 2.10. The molecule has 0 aliphatic heterocycles. The average Bonchev–Trinajstić information content (AvgIpc) is 2.16. The molecule has 1 aromatic carbocycles. The first kappa shape index (κ1) is 11.5. The van der Waals surface area contributed by atoms with Crippen LogP contribution >= 0.6 is 0 Å². The van der Waals surface area contributed by atoms with Gasteiger partial charge in [-0.05, 0) is 44.0 Å². The minimum absolute atomic E-state index is 0.0617. The summed E-state index contributed by atoms with van der Waals surface area (Å²) < 4.78 is 0. The van der Waals surface area contributed by atoms with E-state index in [2.05, 4.69) is 24.4 Å². The largest absolute Gasteiger partial charge is 0.359 e. The number of hydrogen-bond donors (Lipinski definition) is 1. The van der Waals surface area contributed by atoms with Gasteiger partial charge in [0.1, 0.15) is 0 Å². The minimum atomic E-state index is 0.0617. The molecule has 0 saturated carbocycles. The van der Waals surface area contributed by atoms with Crippen molar-refractivity contribution in [3.8, 4) is 0 Å². The van der Waals surface area contributed by atoms with Crippen LogP contribution in [0.15, 0.2) is 36.0 Å². The predicted molar refractivity (Wildman–Crippen MR) is 63.9 cm³/mol. The zero-order chi connectivity index (χ0) is 11.3. The van der Waals surface area contributed by atoms with Crippen molar-refractivity contribution in [1.29, 1.82) is 0 Å². The van der Waals surface area contributed by atoms with E-state index in [-0.39, 0.29) is 5.78 Å². The van der Waals surface area contributed by atoms with Crippen LogP contribution in [-0.2, 0) is 11.2 Å². The monoisotopic (exact) mass is 203 g/mol. The van der Waals surface area contributed by atoms with Gasteiger partial charge < -0.3 is 5.32 Å². The number of carbonyl (C=O) groups excluding carboxylic acids is 1. The second-order valence-corrected chi connectivity index (χ2v) is 3.62. The van der Waals surface area contributed by atoms with E-state index in [4.69, 9.17) is 0 Å². The van der Waals surface area contributed by atoms with Gasteiger partial charge in [0.25, 0.3) is 0 Å². The van der Waals surface area contributed by atoms with Gasteiger partial charge in [-0.3, -0.25) is 4.79 Å². The summed E-state index contributed by atoms with van der Waals surface area (Å²) in [6, 6.07) is 8.20. The molecule has 0 saturated heterocycles. The number of ketones is 1. The van der Waals surface area contributed by atoms with Gasteiger partial charge in [-0.1, -0.05) is 19.1 Å². The lowest BCUT2D eigenvalue weighted by Gasteiger charge is -2.07. The lowest BCUT2D eigenvalue weighted by molar-refractivity contribution is -0.112. The van der Waals surface area contributed by atoms with Crippen molar-refractivity contribution in [1.82, 2.24) is 0 Å². The van der Waals surface area contributed by atoms with Gasteiger partial charge in [0.2, 0.25) is 0 Å². The van der Waals surface area contributed by atoms with Gasteiger partial charge in [-0.2, -0.15) is 0 Å². The predicted octanol–water partition coefficient (Wildman–Crippen LogP) is 3.15. The van der Waals surface area contributed by atoms with Crippen molar-refractivity contribution in [2.45, 2.75) is 27.2 Å². The summed E-state index contributed by atoms with van der Waals surface area (Å²) in [5.41, 5.74) is 3.19. The molecule has 1 rings (SSSR count). The summed E-state index contributed by atoms with van der Waals surface area (Å²) in [4.78, 5) is 10.9. The Balaban J connectivity index is 2.76. The molecule has 0 aromatic heterocycles. The minimum Gasteiger partial charge on any atom is -0.359 e. The van der Waals surface area contributed by atoms with Crippen LogP contribution in [-0.4, -0.2) is 5.78 Å². The summed E-state index contributed by atoms with van der Waals surface area (Å²) >= 11 is 0. The fraction of sp³-hybridized carbons (Fsp3) is 0.308. The number of nitrogens with one attached hydrogen (secondary N) is 1. The average molecular weight is 203 g/mol. The van der Waals surface area contributed by atoms with E-state index in [9.17, 15) is 4.79 Å². The highest BCUT2D eigenvalue weighted by Gasteiger charge is 1.95. The summed E-state index contributed by atoms with van der Waals surface area (Å²) in [6.07, 6.45) is 2.61. The van der Waals surface area contributed by atoms with Gasteiger partial charge in [0, 0.05) is 11.4 Å². The molecule has 1 N–H and O–H groups in total. The highest BCUT2D eigenvalue weighted by Crippen LogP contribution is 2.13. The van der Waals surface area contributed by atoms with Crippen LogP contribution in [0, 0.1) is 0 Å². The van der Waals surface area contributed by atoms with Crippen LogP contribution in [0.3, 0.4) is 0 Å². The zero-order valence-corrected chi connectivity index (χ0v) is 9.50.